The van der Waals surface area contributed by atoms with Crippen molar-refractivity contribution in [2.24, 2.45) is 5.92 Å². The molecule has 2 aromatic rings. The smallest absolute Gasteiger partial charge is 0.225 e. The van der Waals surface area contributed by atoms with Crippen molar-refractivity contribution in [2.45, 2.75) is 51.6 Å². The lowest BCUT2D eigenvalue weighted by molar-refractivity contribution is 0.202. The highest BCUT2D eigenvalue weighted by Crippen LogP contribution is 2.30. The number of aryl methyl sites for hydroxylation is 2. The molecule has 1 aliphatic heterocycles. The average molecular weight is 397 g/mol. The zero-order valence-electron chi connectivity index (χ0n) is 17.5. The third kappa shape index (κ3) is 4.54. The number of ether oxygens (including phenoxy) is 1. The minimum atomic E-state index is 0.292. The molecular weight excluding hydrogens is 364 g/mol. The Kier molecular flexibility index (Phi) is 6.31. The van der Waals surface area contributed by atoms with Crippen molar-refractivity contribution in [3.05, 3.63) is 46.8 Å². The number of methoxy groups -OCH3 is 1. The number of hydrogen-bond acceptors (Lipinski definition) is 6. The van der Waals surface area contributed by atoms with Gasteiger partial charge in [0.05, 0.1) is 12.8 Å². The molecule has 29 heavy (non-hydrogen) atoms. The summed E-state index contributed by atoms with van der Waals surface area (Å²) in [5.41, 5.74) is 4.86. The van der Waals surface area contributed by atoms with Crippen molar-refractivity contribution in [3.8, 4) is 5.75 Å². The first-order chi connectivity index (χ1) is 14.2. The van der Waals surface area contributed by atoms with Crippen LogP contribution in [0.2, 0.25) is 0 Å². The molecule has 1 aromatic carbocycles. The minimum absolute atomic E-state index is 0.292. The van der Waals surface area contributed by atoms with Crippen molar-refractivity contribution >= 4 is 5.95 Å². The van der Waals surface area contributed by atoms with E-state index in [1.807, 2.05) is 12.3 Å². The number of aliphatic hydroxyl groups excluding tert-OH is 1. The second-order valence-electron chi connectivity index (χ2n) is 8.31. The quantitative estimate of drug-likeness (QED) is 0.782. The number of aliphatic hydroxyl groups is 1. The predicted molar refractivity (Wildman–Crippen MR) is 114 cm³/mol. The zero-order chi connectivity index (χ0) is 20.2. The summed E-state index contributed by atoms with van der Waals surface area (Å²) in [6.45, 7) is 5.06. The van der Waals surface area contributed by atoms with Crippen molar-refractivity contribution < 1.29 is 9.84 Å². The van der Waals surface area contributed by atoms with E-state index < -0.39 is 0 Å². The first kappa shape index (κ1) is 20.1. The van der Waals surface area contributed by atoms with Crippen molar-refractivity contribution in [2.75, 3.05) is 31.7 Å². The van der Waals surface area contributed by atoms with Crippen molar-refractivity contribution in [3.63, 3.8) is 0 Å². The van der Waals surface area contributed by atoms with E-state index in [0.29, 0.717) is 18.6 Å². The van der Waals surface area contributed by atoms with E-state index in [0.717, 1.165) is 69.0 Å². The first-order valence-electron chi connectivity index (χ1n) is 10.8. The van der Waals surface area contributed by atoms with Crippen LogP contribution >= 0.6 is 0 Å². The number of rotatable bonds is 6. The van der Waals surface area contributed by atoms with E-state index in [9.17, 15) is 5.11 Å². The lowest BCUT2D eigenvalue weighted by Gasteiger charge is -2.32. The average Bonchev–Trinajstić information content (AvgIpc) is 2.77. The minimum Gasteiger partial charge on any atom is -0.496 e. The number of aromatic nitrogens is 2. The summed E-state index contributed by atoms with van der Waals surface area (Å²) in [6.07, 6.45) is 7.36. The molecule has 2 heterocycles. The zero-order valence-corrected chi connectivity index (χ0v) is 17.5. The Morgan fingerprint density at radius 1 is 1.24 bits per heavy atom. The molecule has 1 fully saturated rings. The molecule has 2 N–H and O–H groups in total. The van der Waals surface area contributed by atoms with Crippen LogP contribution in [0.1, 0.15) is 54.1 Å². The van der Waals surface area contributed by atoms with E-state index in [-0.39, 0.29) is 0 Å². The number of nitrogens with zero attached hydrogens (tertiary/aromatic N) is 3. The van der Waals surface area contributed by atoms with Gasteiger partial charge in [-0.1, -0.05) is 12.1 Å². The summed E-state index contributed by atoms with van der Waals surface area (Å²) < 4.78 is 5.36. The molecule has 2 aliphatic rings. The fourth-order valence-electron chi connectivity index (χ4n) is 4.51. The Morgan fingerprint density at radius 3 is 2.79 bits per heavy atom. The third-order valence-corrected chi connectivity index (χ3v) is 6.34. The molecule has 6 heteroatoms. The number of anilines is 1. The molecule has 1 atom stereocenters. The molecule has 6 nitrogen and oxygen atoms in total. The highest BCUT2D eigenvalue weighted by atomic mass is 16.5. The molecule has 0 radical (unpaired) electrons. The van der Waals surface area contributed by atoms with Crippen molar-refractivity contribution in [1.29, 1.82) is 0 Å². The van der Waals surface area contributed by atoms with Crippen LogP contribution in [0, 0.1) is 12.8 Å². The summed E-state index contributed by atoms with van der Waals surface area (Å²) in [5.74, 6) is 2.21. The molecule has 1 aromatic heterocycles. The molecule has 1 saturated heterocycles. The standard InChI is InChI=1S/C23H32N4O2/c1-16-12-18(6-7-22(16)29-2)13-24-20-4-3-5-21-19(20)14-25-23(26-21)27-10-8-17(15-28)9-11-27/h6-7,12,14,17,20,24,28H,3-5,8-11,13,15H2,1-2H3. The van der Waals surface area contributed by atoms with Gasteiger partial charge in [0, 0.05) is 44.0 Å². The Hall–Kier alpha value is -2.18. The molecule has 0 saturated carbocycles. The van der Waals surface area contributed by atoms with E-state index in [4.69, 9.17) is 14.7 Å². The number of fused-ring (bicyclic) bond motifs is 1. The highest BCUT2D eigenvalue weighted by molar-refractivity contribution is 5.37. The SMILES string of the molecule is COc1ccc(CNC2CCCc3nc(N4CCC(CO)CC4)ncc32)cc1C. The van der Waals surface area contributed by atoms with Crippen LogP contribution in [0.15, 0.2) is 24.4 Å². The van der Waals surface area contributed by atoms with Gasteiger partial charge in [0.25, 0.3) is 0 Å². The van der Waals surface area contributed by atoms with Gasteiger partial charge in [-0.25, -0.2) is 9.97 Å². The molecule has 0 amide bonds. The molecule has 0 bridgehead atoms. The van der Waals surface area contributed by atoms with Crippen LogP contribution in [0.4, 0.5) is 5.95 Å². The van der Waals surface area contributed by atoms with Gasteiger partial charge in [0.1, 0.15) is 5.75 Å². The molecular formula is C23H32N4O2. The summed E-state index contributed by atoms with van der Waals surface area (Å²) in [4.78, 5) is 11.9. The number of benzene rings is 1. The molecule has 1 aliphatic carbocycles. The van der Waals surface area contributed by atoms with Crippen LogP contribution in [-0.2, 0) is 13.0 Å². The van der Waals surface area contributed by atoms with Crippen LogP contribution in [-0.4, -0.2) is 41.9 Å². The maximum absolute atomic E-state index is 9.35. The van der Waals surface area contributed by atoms with Gasteiger partial charge in [-0.2, -0.15) is 0 Å². The lowest BCUT2D eigenvalue weighted by Crippen LogP contribution is -2.36. The van der Waals surface area contributed by atoms with Gasteiger partial charge >= 0.3 is 0 Å². The second kappa shape index (κ2) is 9.09. The monoisotopic (exact) mass is 396 g/mol. The Morgan fingerprint density at radius 2 is 2.07 bits per heavy atom. The summed E-state index contributed by atoms with van der Waals surface area (Å²) in [5, 5.41) is 13.1. The van der Waals surface area contributed by atoms with Crippen LogP contribution in [0.5, 0.6) is 5.75 Å². The summed E-state index contributed by atoms with van der Waals surface area (Å²) in [7, 11) is 1.71. The van der Waals surface area contributed by atoms with E-state index in [1.165, 1.54) is 16.8 Å². The number of piperidine rings is 1. The summed E-state index contributed by atoms with van der Waals surface area (Å²) >= 11 is 0. The Bertz CT molecular complexity index is 834. The van der Waals surface area contributed by atoms with Crippen molar-refractivity contribution in [1.82, 2.24) is 15.3 Å². The molecule has 0 spiro atoms. The second-order valence-corrected chi connectivity index (χ2v) is 8.31. The largest absolute Gasteiger partial charge is 0.496 e. The first-order valence-corrected chi connectivity index (χ1v) is 10.8. The number of hydrogen-bond donors (Lipinski definition) is 2. The van der Waals surface area contributed by atoms with Gasteiger partial charge in [0.2, 0.25) is 5.95 Å². The maximum atomic E-state index is 9.35. The highest BCUT2D eigenvalue weighted by Gasteiger charge is 2.25. The van der Waals surface area contributed by atoms with Crippen LogP contribution in [0.3, 0.4) is 0 Å². The van der Waals surface area contributed by atoms with E-state index in [1.54, 1.807) is 7.11 Å². The Labute approximate surface area is 173 Å². The van der Waals surface area contributed by atoms with Gasteiger partial charge in [-0.05, 0) is 62.1 Å². The topological polar surface area (TPSA) is 70.5 Å². The lowest BCUT2D eigenvalue weighted by atomic mass is 9.92. The summed E-state index contributed by atoms with van der Waals surface area (Å²) in [6, 6.07) is 6.65. The molecule has 1 unspecified atom stereocenters. The van der Waals surface area contributed by atoms with Gasteiger partial charge < -0.3 is 20.1 Å². The van der Waals surface area contributed by atoms with Crippen LogP contribution < -0.4 is 15.0 Å². The third-order valence-electron chi connectivity index (χ3n) is 6.34. The van der Waals surface area contributed by atoms with E-state index in [2.05, 4.69) is 29.3 Å². The Balaban J connectivity index is 1.42. The molecule has 156 valence electrons. The van der Waals surface area contributed by atoms with Crippen LogP contribution in [0.25, 0.3) is 0 Å². The fraction of sp³-hybridized carbons (Fsp3) is 0.565. The van der Waals surface area contributed by atoms with Gasteiger partial charge in [-0.3, -0.25) is 0 Å². The normalized spacial score (nSPS) is 19.8. The fourth-order valence-corrected chi connectivity index (χ4v) is 4.51. The number of nitrogens with one attached hydrogen (secondary N) is 1. The van der Waals surface area contributed by atoms with E-state index >= 15 is 0 Å². The van der Waals surface area contributed by atoms with Gasteiger partial charge in [0.15, 0.2) is 0 Å². The maximum Gasteiger partial charge on any atom is 0.225 e. The van der Waals surface area contributed by atoms with Gasteiger partial charge in [-0.15, -0.1) is 0 Å². The molecule has 4 rings (SSSR count). The predicted octanol–water partition coefficient (Wildman–Crippen LogP) is 3.17.